The SMILES string of the molecule is CCCc1cnc(NCc2cccc(-c3c(C)cc(OCCOCC)cc3C)c2)nc1. The molecule has 164 valence electrons. The topological polar surface area (TPSA) is 56.3 Å². The van der Waals surface area contributed by atoms with Crippen molar-refractivity contribution in [2.24, 2.45) is 0 Å². The second kappa shape index (κ2) is 11.5. The molecule has 0 saturated heterocycles. The van der Waals surface area contributed by atoms with Gasteiger partial charge in [-0.2, -0.15) is 0 Å². The lowest BCUT2D eigenvalue weighted by Crippen LogP contribution is -2.06. The van der Waals surface area contributed by atoms with Crippen molar-refractivity contribution in [2.75, 3.05) is 25.1 Å². The van der Waals surface area contributed by atoms with Crippen molar-refractivity contribution in [1.29, 1.82) is 0 Å². The van der Waals surface area contributed by atoms with Crippen LogP contribution in [0.1, 0.15) is 42.5 Å². The zero-order chi connectivity index (χ0) is 22.1. The lowest BCUT2D eigenvalue weighted by Gasteiger charge is -2.15. The second-order valence-electron chi connectivity index (χ2n) is 7.70. The van der Waals surface area contributed by atoms with Crippen molar-refractivity contribution in [1.82, 2.24) is 9.97 Å². The summed E-state index contributed by atoms with van der Waals surface area (Å²) in [5.74, 6) is 1.55. The van der Waals surface area contributed by atoms with Crippen LogP contribution in [-0.4, -0.2) is 29.8 Å². The van der Waals surface area contributed by atoms with Gasteiger partial charge in [0.1, 0.15) is 12.4 Å². The number of anilines is 1. The van der Waals surface area contributed by atoms with Gasteiger partial charge in [0.05, 0.1) is 6.61 Å². The number of nitrogens with one attached hydrogen (secondary N) is 1. The average Bonchev–Trinajstić information content (AvgIpc) is 2.76. The lowest BCUT2D eigenvalue weighted by molar-refractivity contribution is 0.110. The number of rotatable bonds is 11. The summed E-state index contributed by atoms with van der Waals surface area (Å²) in [5, 5.41) is 3.33. The first kappa shape index (κ1) is 22.8. The average molecular weight is 420 g/mol. The second-order valence-corrected chi connectivity index (χ2v) is 7.70. The molecule has 5 heteroatoms. The largest absolute Gasteiger partial charge is 0.491 e. The summed E-state index contributed by atoms with van der Waals surface area (Å²) in [6.07, 6.45) is 5.92. The van der Waals surface area contributed by atoms with Crippen molar-refractivity contribution < 1.29 is 9.47 Å². The minimum atomic E-state index is 0.564. The summed E-state index contributed by atoms with van der Waals surface area (Å²) in [7, 11) is 0. The highest BCUT2D eigenvalue weighted by Gasteiger charge is 2.09. The zero-order valence-corrected chi connectivity index (χ0v) is 19.1. The van der Waals surface area contributed by atoms with Gasteiger partial charge in [-0.15, -0.1) is 0 Å². The molecule has 0 aliphatic rings. The number of nitrogens with zero attached hydrogens (tertiary/aromatic N) is 2. The Labute approximate surface area is 185 Å². The van der Waals surface area contributed by atoms with E-state index in [9.17, 15) is 0 Å². The van der Waals surface area contributed by atoms with Gasteiger partial charge in [-0.05, 0) is 78.8 Å². The van der Waals surface area contributed by atoms with E-state index in [1.165, 1.54) is 33.4 Å². The van der Waals surface area contributed by atoms with Crippen LogP contribution in [0.4, 0.5) is 5.95 Å². The molecule has 0 spiro atoms. The fraction of sp³-hybridized carbons (Fsp3) is 0.385. The monoisotopic (exact) mass is 419 g/mol. The fourth-order valence-electron chi connectivity index (χ4n) is 3.71. The summed E-state index contributed by atoms with van der Waals surface area (Å²) < 4.78 is 11.2. The number of ether oxygens (including phenoxy) is 2. The molecule has 1 heterocycles. The Balaban J connectivity index is 1.69. The van der Waals surface area contributed by atoms with Crippen LogP contribution in [0.15, 0.2) is 48.8 Å². The highest BCUT2D eigenvalue weighted by atomic mass is 16.5. The third kappa shape index (κ3) is 6.53. The highest BCUT2D eigenvalue weighted by Crippen LogP contribution is 2.31. The predicted octanol–water partition coefficient (Wildman–Crippen LogP) is 5.74. The normalized spacial score (nSPS) is 10.8. The molecule has 0 aliphatic heterocycles. The number of benzene rings is 2. The van der Waals surface area contributed by atoms with Crippen molar-refractivity contribution in [2.45, 2.75) is 47.1 Å². The fourth-order valence-corrected chi connectivity index (χ4v) is 3.71. The molecule has 31 heavy (non-hydrogen) atoms. The van der Waals surface area contributed by atoms with E-state index >= 15 is 0 Å². The summed E-state index contributed by atoms with van der Waals surface area (Å²) in [6, 6.07) is 12.8. The maximum atomic E-state index is 5.85. The molecule has 1 aromatic heterocycles. The van der Waals surface area contributed by atoms with Crippen LogP contribution in [0.5, 0.6) is 5.75 Å². The van der Waals surface area contributed by atoms with Crippen LogP contribution in [0.3, 0.4) is 0 Å². The van der Waals surface area contributed by atoms with E-state index in [2.05, 4.69) is 72.5 Å². The molecule has 3 aromatic rings. The molecule has 3 rings (SSSR count). The molecule has 1 N–H and O–H groups in total. The summed E-state index contributed by atoms with van der Waals surface area (Å²) in [4.78, 5) is 8.84. The quantitative estimate of drug-likeness (QED) is 0.402. The third-order valence-corrected chi connectivity index (χ3v) is 5.12. The third-order valence-electron chi connectivity index (χ3n) is 5.12. The van der Waals surface area contributed by atoms with Crippen LogP contribution in [0.25, 0.3) is 11.1 Å². The van der Waals surface area contributed by atoms with Crippen LogP contribution >= 0.6 is 0 Å². The van der Waals surface area contributed by atoms with Gasteiger partial charge in [-0.1, -0.05) is 31.5 Å². The summed E-state index contributed by atoms with van der Waals surface area (Å²) in [5.41, 5.74) is 7.21. The summed E-state index contributed by atoms with van der Waals surface area (Å²) >= 11 is 0. The Bertz CT molecular complexity index is 948. The highest BCUT2D eigenvalue weighted by molar-refractivity contribution is 5.72. The van der Waals surface area contributed by atoms with Crippen molar-refractivity contribution in [3.05, 3.63) is 71.0 Å². The Morgan fingerprint density at radius 3 is 2.32 bits per heavy atom. The van der Waals surface area contributed by atoms with Gasteiger partial charge >= 0.3 is 0 Å². The maximum Gasteiger partial charge on any atom is 0.222 e. The summed E-state index contributed by atoms with van der Waals surface area (Å²) in [6.45, 7) is 11.0. The molecule has 0 saturated carbocycles. The van der Waals surface area contributed by atoms with Crippen LogP contribution in [0, 0.1) is 13.8 Å². The lowest BCUT2D eigenvalue weighted by atomic mass is 9.94. The van der Waals surface area contributed by atoms with Gasteiger partial charge in [0, 0.05) is 25.5 Å². The van der Waals surface area contributed by atoms with Crippen molar-refractivity contribution in [3.63, 3.8) is 0 Å². The Morgan fingerprint density at radius 1 is 0.903 bits per heavy atom. The molecule has 5 nitrogen and oxygen atoms in total. The van der Waals surface area contributed by atoms with Crippen molar-refractivity contribution in [3.8, 4) is 16.9 Å². The Kier molecular flexibility index (Phi) is 8.42. The molecule has 0 aliphatic carbocycles. The predicted molar refractivity (Wildman–Crippen MR) is 127 cm³/mol. The first-order valence-corrected chi connectivity index (χ1v) is 11.1. The van der Waals surface area contributed by atoms with Gasteiger partial charge in [0.25, 0.3) is 0 Å². The van der Waals surface area contributed by atoms with E-state index in [4.69, 9.17) is 9.47 Å². The molecule has 0 atom stereocenters. The van der Waals surface area contributed by atoms with Crippen LogP contribution in [0.2, 0.25) is 0 Å². The van der Waals surface area contributed by atoms with E-state index in [1.807, 2.05) is 19.3 Å². The van der Waals surface area contributed by atoms with Crippen molar-refractivity contribution >= 4 is 5.95 Å². The molecule has 0 radical (unpaired) electrons. The Morgan fingerprint density at radius 2 is 1.65 bits per heavy atom. The van der Waals surface area contributed by atoms with Crippen LogP contribution < -0.4 is 10.1 Å². The van der Waals surface area contributed by atoms with Gasteiger partial charge in [-0.3, -0.25) is 0 Å². The Hall–Kier alpha value is -2.92. The maximum absolute atomic E-state index is 5.85. The van der Waals surface area contributed by atoms with Gasteiger partial charge in [0.2, 0.25) is 5.95 Å². The first-order chi connectivity index (χ1) is 15.1. The van der Waals surface area contributed by atoms with Gasteiger partial charge < -0.3 is 14.8 Å². The molecule has 0 unspecified atom stereocenters. The zero-order valence-electron chi connectivity index (χ0n) is 19.1. The van der Waals surface area contributed by atoms with Crippen LogP contribution in [-0.2, 0) is 17.7 Å². The van der Waals surface area contributed by atoms with E-state index in [0.717, 1.165) is 18.6 Å². The van der Waals surface area contributed by atoms with E-state index in [1.54, 1.807) is 0 Å². The number of aryl methyl sites for hydroxylation is 3. The number of hydrogen-bond acceptors (Lipinski definition) is 5. The molecule has 2 aromatic carbocycles. The standard InChI is InChI=1S/C26H33N3O2/c1-5-8-22-17-28-26(29-18-22)27-16-21-9-7-10-23(15-21)25-19(3)13-24(14-20(25)4)31-12-11-30-6-2/h7,9-10,13-15,17-18H,5-6,8,11-12,16H2,1-4H3,(H,27,28,29). The number of aromatic nitrogens is 2. The van der Waals surface area contributed by atoms with Gasteiger partial charge in [0.15, 0.2) is 0 Å². The van der Waals surface area contributed by atoms with E-state index in [0.29, 0.717) is 32.3 Å². The molecule has 0 fully saturated rings. The van der Waals surface area contributed by atoms with E-state index in [-0.39, 0.29) is 0 Å². The van der Waals surface area contributed by atoms with E-state index < -0.39 is 0 Å². The first-order valence-electron chi connectivity index (χ1n) is 11.1. The molecule has 0 amide bonds. The molecular weight excluding hydrogens is 386 g/mol. The minimum Gasteiger partial charge on any atom is -0.491 e. The minimum absolute atomic E-state index is 0.564. The smallest absolute Gasteiger partial charge is 0.222 e. The van der Waals surface area contributed by atoms with Gasteiger partial charge in [-0.25, -0.2) is 9.97 Å². The molecular formula is C26H33N3O2. The number of hydrogen-bond donors (Lipinski definition) is 1. The molecule has 0 bridgehead atoms.